The van der Waals surface area contributed by atoms with Crippen molar-refractivity contribution in [2.45, 2.75) is 71.1 Å². The molecule has 32 heavy (non-hydrogen) atoms. The Balaban J connectivity index is 1.53. The third kappa shape index (κ3) is 4.93. The van der Waals surface area contributed by atoms with Gasteiger partial charge in [-0.25, -0.2) is 5.14 Å². The van der Waals surface area contributed by atoms with Crippen LogP contribution in [0.2, 0.25) is 0 Å². The highest BCUT2D eigenvalue weighted by Gasteiger charge is 2.32. The molecular weight excluding hydrogens is 424 g/mol. The summed E-state index contributed by atoms with van der Waals surface area (Å²) in [6.07, 6.45) is 8.56. The molecule has 2 heterocycles. The molecule has 1 aliphatic carbocycles. The van der Waals surface area contributed by atoms with E-state index in [0.717, 1.165) is 48.7 Å². The lowest BCUT2D eigenvalue weighted by molar-refractivity contribution is 0.0884. The Morgan fingerprint density at radius 2 is 1.75 bits per heavy atom. The fourth-order valence-electron chi connectivity index (χ4n) is 5.85. The van der Waals surface area contributed by atoms with Crippen LogP contribution >= 0.6 is 0 Å². The Hall–Kier alpha value is -1.74. The Morgan fingerprint density at radius 3 is 2.34 bits per heavy atom. The van der Waals surface area contributed by atoms with Crippen molar-refractivity contribution in [1.82, 2.24) is 9.47 Å². The Kier molecular flexibility index (Phi) is 7.05. The lowest BCUT2D eigenvalue weighted by Crippen LogP contribution is -2.44. The summed E-state index contributed by atoms with van der Waals surface area (Å²) < 4.78 is 30.1. The second kappa shape index (κ2) is 9.63. The molecule has 1 saturated heterocycles. The SMILES string of the molecule is CC(C)C1CCC(N2CCC(n3c(COS(N)(=O)=O)c(C=N)c4ccccc43)CC2)CC1. The first-order valence-corrected chi connectivity index (χ1v) is 13.3. The van der Waals surface area contributed by atoms with Gasteiger partial charge in [0.05, 0.1) is 5.69 Å². The maximum atomic E-state index is 11.5. The second-order valence-corrected chi connectivity index (χ2v) is 10.9. The lowest BCUT2D eigenvalue weighted by atomic mass is 9.79. The van der Waals surface area contributed by atoms with Crippen LogP contribution in [-0.2, 0) is 21.1 Å². The van der Waals surface area contributed by atoms with E-state index in [1.165, 1.54) is 31.9 Å². The minimum absolute atomic E-state index is 0.155. The van der Waals surface area contributed by atoms with Crippen molar-refractivity contribution in [2.75, 3.05) is 13.1 Å². The van der Waals surface area contributed by atoms with E-state index in [2.05, 4.69) is 23.3 Å². The predicted molar refractivity (Wildman–Crippen MR) is 128 cm³/mol. The van der Waals surface area contributed by atoms with E-state index < -0.39 is 10.3 Å². The monoisotopic (exact) mass is 460 g/mol. The summed E-state index contributed by atoms with van der Waals surface area (Å²) in [7, 11) is -4.06. The maximum Gasteiger partial charge on any atom is 0.333 e. The van der Waals surface area contributed by atoms with Crippen molar-refractivity contribution >= 4 is 27.4 Å². The van der Waals surface area contributed by atoms with Gasteiger partial charge in [0, 0.05) is 47.9 Å². The zero-order valence-corrected chi connectivity index (χ0v) is 20.0. The summed E-state index contributed by atoms with van der Waals surface area (Å²) in [5.41, 5.74) is 2.44. The summed E-state index contributed by atoms with van der Waals surface area (Å²) in [5, 5.41) is 14.0. The van der Waals surface area contributed by atoms with Crippen LogP contribution in [0.3, 0.4) is 0 Å². The average molecular weight is 461 g/mol. The number of fused-ring (bicyclic) bond motifs is 1. The maximum absolute atomic E-state index is 11.5. The van der Waals surface area contributed by atoms with Crippen molar-refractivity contribution < 1.29 is 12.6 Å². The molecule has 8 heteroatoms. The van der Waals surface area contributed by atoms with Crippen molar-refractivity contribution in [3.63, 3.8) is 0 Å². The van der Waals surface area contributed by atoms with Gasteiger partial charge in [0.1, 0.15) is 6.61 Å². The highest BCUT2D eigenvalue weighted by atomic mass is 32.2. The minimum atomic E-state index is -4.06. The van der Waals surface area contributed by atoms with Crippen molar-refractivity contribution in [1.29, 1.82) is 5.41 Å². The molecule has 3 N–H and O–H groups in total. The summed E-state index contributed by atoms with van der Waals surface area (Å²) in [5.74, 6) is 1.65. The molecule has 1 aromatic heterocycles. The second-order valence-electron chi connectivity index (χ2n) is 9.73. The van der Waals surface area contributed by atoms with Crippen LogP contribution in [-0.4, -0.2) is 43.2 Å². The van der Waals surface area contributed by atoms with Gasteiger partial charge in [-0.1, -0.05) is 32.0 Å². The topological polar surface area (TPSA) is 101 Å². The molecule has 0 unspecified atom stereocenters. The Labute approximate surface area is 191 Å². The van der Waals surface area contributed by atoms with Crippen LogP contribution in [0.15, 0.2) is 24.3 Å². The van der Waals surface area contributed by atoms with Gasteiger partial charge in [-0.3, -0.25) is 4.18 Å². The van der Waals surface area contributed by atoms with E-state index in [1.807, 2.05) is 24.3 Å². The number of rotatable bonds is 7. The molecule has 2 fully saturated rings. The number of aromatic nitrogens is 1. The molecule has 0 spiro atoms. The summed E-state index contributed by atoms with van der Waals surface area (Å²) in [6, 6.07) is 8.89. The van der Waals surface area contributed by atoms with Gasteiger partial charge in [-0.05, 0) is 56.4 Å². The molecular formula is C24H36N4O3S. The van der Waals surface area contributed by atoms with Gasteiger partial charge >= 0.3 is 10.3 Å². The normalized spacial score (nSPS) is 23.8. The number of nitrogens with one attached hydrogen (secondary N) is 1. The van der Waals surface area contributed by atoms with Crippen molar-refractivity contribution in [3.8, 4) is 0 Å². The van der Waals surface area contributed by atoms with Gasteiger partial charge in [-0.2, -0.15) is 8.42 Å². The number of nitrogens with two attached hydrogens (primary N) is 1. The van der Waals surface area contributed by atoms with E-state index in [9.17, 15) is 8.42 Å². The molecule has 0 atom stereocenters. The molecule has 7 nitrogen and oxygen atoms in total. The number of benzene rings is 1. The highest BCUT2D eigenvalue weighted by molar-refractivity contribution is 7.84. The first-order valence-electron chi connectivity index (χ1n) is 11.8. The Bertz CT molecular complexity index is 1050. The molecule has 4 rings (SSSR count). The third-order valence-corrected chi connectivity index (χ3v) is 8.07. The fraction of sp³-hybridized carbons (Fsp3) is 0.625. The highest BCUT2D eigenvalue weighted by Crippen LogP contribution is 2.37. The van der Waals surface area contributed by atoms with Crippen LogP contribution in [0, 0.1) is 17.2 Å². The van der Waals surface area contributed by atoms with Gasteiger partial charge < -0.3 is 14.9 Å². The zero-order valence-electron chi connectivity index (χ0n) is 19.2. The van der Waals surface area contributed by atoms with E-state index in [-0.39, 0.29) is 12.6 Å². The Morgan fingerprint density at radius 1 is 1.09 bits per heavy atom. The molecule has 2 aromatic rings. The van der Waals surface area contributed by atoms with Gasteiger partial charge in [0.25, 0.3) is 0 Å². The first-order chi connectivity index (χ1) is 15.3. The third-order valence-electron chi connectivity index (χ3n) is 7.62. The van der Waals surface area contributed by atoms with Gasteiger partial charge in [0.15, 0.2) is 0 Å². The quantitative estimate of drug-likeness (QED) is 0.604. The smallest absolute Gasteiger partial charge is 0.333 e. The molecule has 1 aliphatic heterocycles. The van der Waals surface area contributed by atoms with Crippen LogP contribution < -0.4 is 5.14 Å². The zero-order chi connectivity index (χ0) is 22.9. The molecule has 176 valence electrons. The van der Waals surface area contributed by atoms with Gasteiger partial charge in [-0.15, -0.1) is 0 Å². The standard InChI is InChI=1S/C24H36N4O3S/c1-17(2)18-7-9-19(10-8-18)27-13-11-20(12-14-27)28-23-6-4-3-5-21(23)22(15-25)24(28)16-31-32(26,29)30/h3-6,15,17-20,25H,7-14,16H2,1-2H3,(H2,26,29,30). The lowest BCUT2D eigenvalue weighted by Gasteiger charge is -2.42. The minimum Gasteiger partial charge on any atom is -0.339 e. The number of para-hydroxylation sites is 1. The van der Waals surface area contributed by atoms with Crippen molar-refractivity contribution in [3.05, 3.63) is 35.5 Å². The summed E-state index contributed by atoms with van der Waals surface area (Å²) in [6.45, 7) is 6.63. The van der Waals surface area contributed by atoms with Crippen LogP contribution in [0.1, 0.15) is 69.7 Å². The van der Waals surface area contributed by atoms with E-state index in [4.69, 9.17) is 14.7 Å². The number of likely N-dealkylation sites (tertiary alicyclic amines) is 1. The van der Waals surface area contributed by atoms with E-state index in [0.29, 0.717) is 17.3 Å². The van der Waals surface area contributed by atoms with Crippen LogP contribution in [0.25, 0.3) is 10.9 Å². The molecule has 1 saturated carbocycles. The largest absolute Gasteiger partial charge is 0.339 e. The number of nitrogens with zero attached hydrogens (tertiary/aromatic N) is 2. The van der Waals surface area contributed by atoms with Crippen LogP contribution in [0.5, 0.6) is 0 Å². The van der Waals surface area contributed by atoms with E-state index >= 15 is 0 Å². The molecule has 0 bridgehead atoms. The number of hydrogen-bond donors (Lipinski definition) is 2. The summed E-state index contributed by atoms with van der Waals surface area (Å²) in [4.78, 5) is 2.66. The van der Waals surface area contributed by atoms with Crippen LogP contribution in [0.4, 0.5) is 0 Å². The fourth-order valence-corrected chi connectivity index (χ4v) is 6.12. The van der Waals surface area contributed by atoms with Gasteiger partial charge in [0.2, 0.25) is 0 Å². The van der Waals surface area contributed by atoms with Crippen molar-refractivity contribution in [2.24, 2.45) is 17.0 Å². The number of hydrogen-bond acceptors (Lipinski definition) is 5. The average Bonchev–Trinajstić information content (AvgIpc) is 3.10. The van der Waals surface area contributed by atoms with E-state index in [1.54, 1.807) is 0 Å². The number of piperidine rings is 1. The first kappa shape index (κ1) is 23.4. The molecule has 0 radical (unpaired) electrons. The molecule has 2 aliphatic rings. The molecule has 1 aromatic carbocycles. The summed E-state index contributed by atoms with van der Waals surface area (Å²) >= 11 is 0. The molecule has 0 amide bonds. The predicted octanol–water partition coefficient (Wildman–Crippen LogP) is 4.21.